The van der Waals surface area contributed by atoms with E-state index in [0.29, 0.717) is 16.9 Å². The van der Waals surface area contributed by atoms with Gasteiger partial charge in [-0.3, -0.25) is 14.8 Å². The lowest BCUT2D eigenvalue weighted by Gasteiger charge is -2.04. The Bertz CT molecular complexity index is 889. The predicted molar refractivity (Wildman–Crippen MR) is 93.2 cm³/mol. The van der Waals surface area contributed by atoms with E-state index >= 15 is 0 Å². The fourth-order valence-corrected chi connectivity index (χ4v) is 2.07. The van der Waals surface area contributed by atoms with Crippen molar-refractivity contribution < 1.29 is 14.3 Å². The highest BCUT2D eigenvalue weighted by Crippen LogP contribution is 2.15. The van der Waals surface area contributed by atoms with Crippen LogP contribution in [-0.2, 0) is 0 Å². The Morgan fingerprint density at radius 1 is 0.840 bits per heavy atom. The van der Waals surface area contributed by atoms with Crippen LogP contribution < -0.4 is 4.74 Å². The molecule has 0 aliphatic heterocycles. The van der Waals surface area contributed by atoms with Crippen molar-refractivity contribution in [3.05, 3.63) is 96.1 Å². The summed E-state index contributed by atoms with van der Waals surface area (Å²) in [5, 5.41) is 0. The standard InChI is InChI=1S/C20H14N2O3/c23-19(16-3-1-11-21-13-16)10-7-15-5-8-18(9-6-15)25-20(24)17-4-2-12-22-14-17/h1-14H/b10-7+. The van der Waals surface area contributed by atoms with Crippen LogP contribution in [-0.4, -0.2) is 21.7 Å². The third-order valence-corrected chi connectivity index (χ3v) is 3.36. The summed E-state index contributed by atoms with van der Waals surface area (Å²) in [6.45, 7) is 0. The van der Waals surface area contributed by atoms with Crippen LogP contribution in [0.25, 0.3) is 6.08 Å². The summed E-state index contributed by atoms with van der Waals surface area (Å²) < 4.78 is 5.27. The van der Waals surface area contributed by atoms with E-state index in [-0.39, 0.29) is 5.78 Å². The molecule has 2 aromatic heterocycles. The number of esters is 1. The van der Waals surface area contributed by atoms with Gasteiger partial charge in [0, 0.05) is 30.4 Å². The molecule has 0 fully saturated rings. The number of carbonyl (C=O) groups is 2. The second kappa shape index (κ2) is 7.79. The minimum absolute atomic E-state index is 0.125. The lowest BCUT2D eigenvalue weighted by Crippen LogP contribution is -2.08. The van der Waals surface area contributed by atoms with Gasteiger partial charge in [0.25, 0.3) is 0 Å². The Kier molecular flexibility index (Phi) is 5.07. The van der Waals surface area contributed by atoms with Crippen LogP contribution in [0.2, 0.25) is 0 Å². The van der Waals surface area contributed by atoms with E-state index < -0.39 is 5.97 Å². The molecule has 25 heavy (non-hydrogen) atoms. The number of allylic oxidation sites excluding steroid dienone is 1. The molecular formula is C20H14N2O3. The second-order valence-corrected chi connectivity index (χ2v) is 5.14. The molecule has 5 nitrogen and oxygen atoms in total. The SMILES string of the molecule is O=C(/C=C/c1ccc(OC(=O)c2cccnc2)cc1)c1cccnc1. The van der Waals surface area contributed by atoms with Gasteiger partial charge in [-0.15, -0.1) is 0 Å². The molecule has 0 atom stereocenters. The first-order valence-corrected chi connectivity index (χ1v) is 7.57. The molecule has 0 aliphatic rings. The predicted octanol–water partition coefficient (Wildman–Crippen LogP) is 3.59. The molecule has 2 heterocycles. The number of pyridine rings is 2. The van der Waals surface area contributed by atoms with Crippen molar-refractivity contribution in [3.8, 4) is 5.75 Å². The van der Waals surface area contributed by atoms with Crippen molar-refractivity contribution in [2.24, 2.45) is 0 Å². The Hall–Kier alpha value is -3.60. The summed E-state index contributed by atoms with van der Waals surface area (Å²) >= 11 is 0. The van der Waals surface area contributed by atoms with Gasteiger partial charge < -0.3 is 4.74 Å². The summed E-state index contributed by atoms with van der Waals surface area (Å²) in [6.07, 6.45) is 9.35. The molecule has 0 unspecified atom stereocenters. The molecule has 122 valence electrons. The molecule has 5 heteroatoms. The largest absolute Gasteiger partial charge is 0.423 e. The van der Waals surface area contributed by atoms with Crippen LogP contribution >= 0.6 is 0 Å². The highest BCUT2D eigenvalue weighted by Gasteiger charge is 2.08. The zero-order chi connectivity index (χ0) is 17.5. The zero-order valence-corrected chi connectivity index (χ0v) is 13.2. The average molecular weight is 330 g/mol. The van der Waals surface area contributed by atoms with Gasteiger partial charge >= 0.3 is 5.97 Å². The van der Waals surface area contributed by atoms with Gasteiger partial charge in [-0.1, -0.05) is 18.2 Å². The summed E-state index contributed by atoms with van der Waals surface area (Å²) in [5.41, 5.74) is 1.73. The van der Waals surface area contributed by atoms with Crippen molar-refractivity contribution in [2.75, 3.05) is 0 Å². The number of rotatable bonds is 5. The smallest absolute Gasteiger partial charge is 0.345 e. The highest BCUT2D eigenvalue weighted by molar-refractivity contribution is 6.06. The lowest BCUT2D eigenvalue weighted by atomic mass is 10.1. The maximum atomic E-state index is 12.0. The molecule has 0 saturated carbocycles. The lowest BCUT2D eigenvalue weighted by molar-refractivity contribution is 0.0734. The quantitative estimate of drug-likeness (QED) is 0.309. The highest BCUT2D eigenvalue weighted by atomic mass is 16.5. The van der Waals surface area contributed by atoms with Gasteiger partial charge in [0.2, 0.25) is 0 Å². The monoisotopic (exact) mass is 330 g/mol. The Morgan fingerprint density at radius 2 is 1.48 bits per heavy atom. The number of nitrogens with zero attached hydrogens (tertiary/aromatic N) is 2. The molecule has 0 N–H and O–H groups in total. The molecule has 0 amide bonds. The zero-order valence-electron chi connectivity index (χ0n) is 13.2. The number of ketones is 1. The van der Waals surface area contributed by atoms with Crippen LogP contribution in [0.1, 0.15) is 26.3 Å². The number of benzene rings is 1. The molecule has 0 spiro atoms. The molecular weight excluding hydrogens is 316 g/mol. The molecule has 1 aromatic carbocycles. The van der Waals surface area contributed by atoms with Crippen LogP contribution in [0, 0.1) is 0 Å². The summed E-state index contributed by atoms with van der Waals surface area (Å²) in [4.78, 5) is 31.7. The third kappa shape index (κ3) is 4.45. The summed E-state index contributed by atoms with van der Waals surface area (Å²) in [5.74, 6) is -0.173. The Balaban J connectivity index is 1.63. The minimum atomic E-state index is -0.469. The van der Waals surface area contributed by atoms with Crippen LogP contribution in [0.3, 0.4) is 0 Å². The normalized spacial score (nSPS) is 10.6. The van der Waals surface area contributed by atoms with Crippen LogP contribution in [0.4, 0.5) is 0 Å². The molecule has 0 saturated heterocycles. The summed E-state index contributed by atoms with van der Waals surface area (Å²) in [6, 6.07) is 13.6. The number of aromatic nitrogens is 2. The first-order chi connectivity index (χ1) is 12.2. The van der Waals surface area contributed by atoms with E-state index in [1.807, 2.05) is 0 Å². The van der Waals surface area contributed by atoms with Gasteiger partial charge in [-0.05, 0) is 48.0 Å². The minimum Gasteiger partial charge on any atom is -0.423 e. The van der Waals surface area contributed by atoms with E-state index in [4.69, 9.17) is 4.74 Å². The topological polar surface area (TPSA) is 69.2 Å². The number of hydrogen-bond donors (Lipinski definition) is 0. The Morgan fingerprint density at radius 3 is 2.08 bits per heavy atom. The van der Waals surface area contributed by atoms with Crippen LogP contribution in [0.5, 0.6) is 5.75 Å². The number of carbonyl (C=O) groups excluding carboxylic acids is 2. The van der Waals surface area contributed by atoms with Gasteiger partial charge in [-0.25, -0.2) is 4.79 Å². The third-order valence-electron chi connectivity index (χ3n) is 3.36. The van der Waals surface area contributed by atoms with Gasteiger partial charge in [0.1, 0.15) is 5.75 Å². The number of ether oxygens (including phenoxy) is 1. The maximum Gasteiger partial charge on any atom is 0.345 e. The molecule has 0 bridgehead atoms. The molecule has 3 rings (SSSR count). The van der Waals surface area contributed by atoms with Gasteiger partial charge in [0.15, 0.2) is 5.78 Å². The molecule has 3 aromatic rings. The fraction of sp³-hybridized carbons (Fsp3) is 0. The van der Waals surface area contributed by atoms with Crippen molar-refractivity contribution in [2.45, 2.75) is 0 Å². The molecule has 0 aliphatic carbocycles. The van der Waals surface area contributed by atoms with Gasteiger partial charge in [0.05, 0.1) is 5.56 Å². The van der Waals surface area contributed by atoms with E-state index in [2.05, 4.69) is 9.97 Å². The van der Waals surface area contributed by atoms with Crippen LogP contribution in [0.15, 0.2) is 79.4 Å². The van der Waals surface area contributed by atoms with Crippen molar-refractivity contribution in [3.63, 3.8) is 0 Å². The first-order valence-electron chi connectivity index (χ1n) is 7.57. The molecule has 0 radical (unpaired) electrons. The average Bonchev–Trinajstić information content (AvgIpc) is 2.68. The van der Waals surface area contributed by atoms with Crippen molar-refractivity contribution >= 4 is 17.8 Å². The van der Waals surface area contributed by atoms with E-state index in [9.17, 15) is 9.59 Å². The van der Waals surface area contributed by atoms with E-state index in [0.717, 1.165) is 5.56 Å². The van der Waals surface area contributed by atoms with Crippen molar-refractivity contribution in [1.29, 1.82) is 0 Å². The first kappa shape index (κ1) is 16.3. The maximum absolute atomic E-state index is 12.0. The summed E-state index contributed by atoms with van der Waals surface area (Å²) in [7, 11) is 0. The number of hydrogen-bond acceptors (Lipinski definition) is 5. The van der Waals surface area contributed by atoms with Gasteiger partial charge in [-0.2, -0.15) is 0 Å². The van der Waals surface area contributed by atoms with E-state index in [1.165, 1.54) is 18.5 Å². The van der Waals surface area contributed by atoms with E-state index in [1.54, 1.807) is 67.0 Å². The van der Waals surface area contributed by atoms with Crippen molar-refractivity contribution in [1.82, 2.24) is 9.97 Å². The second-order valence-electron chi connectivity index (χ2n) is 5.14. The fourth-order valence-electron chi connectivity index (χ4n) is 2.07. The Labute approximate surface area is 144 Å².